The number of rotatable bonds is 8. The molecule has 0 aromatic rings. The lowest BCUT2D eigenvalue weighted by molar-refractivity contribution is -0.121. The van der Waals surface area contributed by atoms with Crippen LogP contribution in [-0.4, -0.2) is 56.6 Å². The van der Waals surface area contributed by atoms with E-state index in [2.05, 4.69) is 10.6 Å². The molecule has 0 saturated carbocycles. The number of piperidine rings is 1. The number of amides is 1. The number of carbonyl (C=O) groups is 1. The summed E-state index contributed by atoms with van der Waals surface area (Å²) in [5.74, 6) is -0.133. The molecule has 1 heterocycles. The average molecular weight is 305 g/mol. The summed E-state index contributed by atoms with van der Waals surface area (Å²) in [7, 11) is -3.35. The standard InChI is InChI=1S/C13H27N3O3S/c1-3-14-13(17)11-16(4-2)20(18,19)10-8-12-7-5-6-9-15-12/h12,15H,3-11H2,1-2H3,(H,14,17). The third-order valence-electron chi connectivity index (χ3n) is 3.58. The molecule has 20 heavy (non-hydrogen) atoms. The van der Waals surface area contributed by atoms with Crippen molar-refractivity contribution in [1.29, 1.82) is 0 Å². The monoisotopic (exact) mass is 305 g/mol. The molecule has 0 bridgehead atoms. The Morgan fingerprint density at radius 2 is 2.10 bits per heavy atom. The molecule has 1 fully saturated rings. The van der Waals surface area contributed by atoms with Crippen LogP contribution in [0.5, 0.6) is 0 Å². The SMILES string of the molecule is CCNC(=O)CN(CC)S(=O)(=O)CCC1CCCCN1. The molecular formula is C13H27N3O3S. The summed E-state index contributed by atoms with van der Waals surface area (Å²) in [4.78, 5) is 11.5. The second kappa shape index (κ2) is 8.59. The fourth-order valence-electron chi connectivity index (χ4n) is 2.41. The highest BCUT2D eigenvalue weighted by molar-refractivity contribution is 7.89. The third-order valence-corrected chi connectivity index (χ3v) is 5.50. The van der Waals surface area contributed by atoms with Crippen molar-refractivity contribution in [2.45, 2.75) is 45.6 Å². The first-order chi connectivity index (χ1) is 9.49. The summed E-state index contributed by atoms with van der Waals surface area (Å²) in [6.45, 7) is 5.32. The fraction of sp³-hybridized carbons (Fsp3) is 0.923. The molecule has 0 aliphatic carbocycles. The minimum absolute atomic E-state index is 0.0786. The highest BCUT2D eigenvalue weighted by Gasteiger charge is 2.24. The van der Waals surface area contributed by atoms with Crippen molar-refractivity contribution in [2.24, 2.45) is 0 Å². The van der Waals surface area contributed by atoms with Crippen molar-refractivity contribution in [1.82, 2.24) is 14.9 Å². The summed E-state index contributed by atoms with van der Waals surface area (Å²) in [6, 6.07) is 0.293. The molecule has 1 aliphatic heterocycles. The quantitative estimate of drug-likeness (QED) is 0.676. The first-order valence-electron chi connectivity index (χ1n) is 7.47. The molecule has 1 atom stereocenters. The fourth-order valence-corrected chi connectivity index (χ4v) is 3.96. The summed E-state index contributed by atoms with van der Waals surface area (Å²) in [6.07, 6.45) is 3.99. The van der Waals surface area contributed by atoms with Gasteiger partial charge in [-0.15, -0.1) is 0 Å². The predicted octanol–water partition coefficient (Wildman–Crippen LogP) is 0.306. The third kappa shape index (κ3) is 5.76. The van der Waals surface area contributed by atoms with Gasteiger partial charge in [-0.3, -0.25) is 4.79 Å². The van der Waals surface area contributed by atoms with Gasteiger partial charge in [0.05, 0.1) is 12.3 Å². The van der Waals surface area contributed by atoms with Crippen LogP contribution in [0, 0.1) is 0 Å². The summed E-state index contributed by atoms with van der Waals surface area (Å²) in [5.41, 5.74) is 0. The molecule has 1 aliphatic rings. The molecule has 1 rings (SSSR count). The minimum Gasteiger partial charge on any atom is -0.355 e. The van der Waals surface area contributed by atoms with E-state index in [4.69, 9.17) is 0 Å². The lowest BCUT2D eigenvalue weighted by atomic mass is 10.0. The Morgan fingerprint density at radius 1 is 1.35 bits per heavy atom. The van der Waals surface area contributed by atoms with Crippen molar-refractivity contribution in [3.8, 4) is 0 Å². The van der Waals surface area contributed by atoms with E-state index in [0.717, 1.165) is 19.4 Å². The van der Waals surface area contributed by atoms with Gasteiger partial charge in [0, 0.05) is 19.1 Å². The second-order valence-electron chi connectivity index (χ2n) is 5.13. The molecular weight excluding hydrogens is 278 g/mol. The lowest BCUT2D eigenvalue weighted by Crippen LogP contribution is -2.43. The average Bonchev–Trinajstić information content (AvgIpc) is 2.44. The molecule has 118 valence electrons. The number of sulfonamides is 1. The normalized spacial score (nSPS) is 20.1. The first kappa shape index (κ1) is 17.4. The van der Waals surface area contributed by atoms with Crippen LogP contribution in [0.15, 0.2) is 0 Å². The summed E-state index contributed by atoms with van der Waals surface area (Å²) >= 11 is 0. The zero-order valence-corrected chi connectivity index (χ0v) is 13.3. The maximum atomic E-state index is 12.3. The topological polar surface area (TPSA) is 78.5 Å². The van der Waals surface area contributed by atoms with Crippen LogP contribution < -0.4 is 10.6 Å². The van der Waals surface area contributed by atoms with E-state index in [-0.39, 0.29) is 18.2 Å². The number of hydrogen-bond donors (Lipinski definition) is 2. The van der Waals surface area contributed by atoms with Gasteiger partial charge in [0.2, 0.25) is 15.9 Å². The summed E-state index contributed by atoms with van der Waals surface area (Å²) in [5, 5.41) is 5.98. The number of likely N-dealkylation sites (N-methyl/N-ethyl adjacent to an activating group) is 2. The van der Waals surface area contributed by atoms with Crippen LogP contribution >= 0.6 is 0 Å². The van der Waals surface area contributed by atoms with E-state index in [1.165, 1.54) is 10.7 Å². The minimum atomic E-state index is -3.35. The van der Waals surface area contributed by atoms with Crippen molar-refractivity contribution in [3.05, 3.63) is 0 Å². The zero-order chi connectivity index (χ0) is 15.0. The maximum Gasteiger partial charge on any atom is 0.235 e. The maximum absolute atomic E-state index is 12.3. The van der Waals surface area contributed by atoms with Gasteiger partial charge in [-0.2, -0.15) is 4.31 Å². The highest BCUT2D eigenvalue weighted by atomic mass is 32.2. The predicted molar refractivity (Wildman–Crippen MR) is 80.0 cm³/mol. The van der Waals surface area contributed by atoms with Gasteiger partial charge in [-0.05, 0) is 32.7 Å². The Kier molecular flexibility index (Phi) is 7.47. The van der Waals surface area contributed by atoms with Gasteiger partial charge in [-0.1, -0.05) is 13.3 Å². The Morgan fingerprint density at radius 3 is 2.65 bits per heavy atom. The molecule has 0 radical (unpaired) electrons. The number of nitrogens with one attached hydrogen (secondary N) is 2. The van der Waals surface area contributed by atoms with Crippen molar-refractivity contribution < 1.29 is 13.2 Å². The number of hydrogen-bond acceptors (Lipinski definition) is 4. The van der Waals surface area contributed by atoms with Gasteiger partial charge in [-0.25, -0.2) is 8.42 Å². The van der Waals surface area contributed by atoms with Crippen LogP contribution in [0.3, 0.4) is 0 Å². The van der Waals surface area contributed by atoms with Gasteiger partial charge < -0.3 is 10.6 Å². The molecule has 2 N–H and O–H groups in total. The van der Waals surface area contributed by atoms with Crippen molar-refractivity contribution >= 4 is 15.9 Å². The first-order valence-corrected chi connectivity index (χ1v) is 9.08. The smallest absolute Gasteiger partial charge is 0.235 e. The largest absolute Gasteiger partial charge is 0.355 e. The number of nitrogens with zero attached hydrogens (tertiary/aromatic N) is 1. The van der Waals surface area contributed by atoms with Crippen molar-refractivity contribution in [2.75, 3.05) is 31.9 Å². The van der Waals surface area contributed by atoms with Gasteiger partial charge in [0.25, 0.3) is 0 Å². The van der Waals surface area contributed by atoms with Crippen LogP contribution in [-0.2, 0) is 14.8 Å². The molecule has 0 aromatic carbocycles. The van der Waals surface area contributed by atoms with E-state index >= 15 is 0 Å². The Labute approximate surface area is 122 Å². The number of carbonyl (C=O) groups excluding carboxylic acids is 1. The Balaban J connectivity index is 2.48. The van der Waals surface area contributed by atoms with Crippen LogP contribution in [0.1, 0.15) is 39.5 Å². The highest BCUT2D eigenvalue weighted by Crippen LogP contribution is 2.12. The molecule has 0 spiro atoms. The van der Waals surface area contributed by atoms with Crippen LogP contribution in [0.25, 0.3) is 0 Å². The van der Waals surface area contributed by atoms with E-state index in [9.17, 15) is 13.2 Å². The Hall–Kier alpha value is -0.660. The molecule has 1 amide bonds. The van der Waals surface area contributed by atoms with E-state index in [1.807, 2.05) is 6.92 Å². The summed E-state index contributed by atoms with van der Waals surface area (Å²) < 4.78 is 25.8. The molecule has 6 nitrogen and oxygen atoms in total. The molecule has 1 saturated heterocycles. The van der Waals surface area contributed by atoms with E-state index in [1.54, 1.807) is 6.92 Å². The zero-order valence-electron chi connectivity index (χ0n) is 12.5. The van der Waals surface area contributed by atoms with Crippen LogP contribution in [0.2, 0.25) is 0 Å². The van der Waals surface area contributed by atoms with E-state index < -0.39 is 10.0 Å². The van der Waals surface area contributed by atoms with Crippen molar-refractivity contribution in [3.63, 3.8) is 0 Å². The van der Waals surface area contributed by atoms with Gasteiger partial charge in [0.15, 0.2) is 0 Å². The molecule has 7 heteroatoms. The lowest BCUT2D eigenvalue weighted by Gasteiger charge is -2.25. The second-order valence-corrected chi connectivity index (χ2v) is 7.22. The Bertz CT molecular complexity index is 392. The molecule has 0 aromatic heterocycles. The van der Waals surface area contributed by atoms with Crippen LogP contribution in [0.4, 0.5) is 0 Å². The van der Waals surface area contributed by atoms with Gasteiger partial charge in [0.1, 0.15) is 0 Å². The molecule has 1 unspecified atom stereocenters. The van der Waals surface area contributed by atoms with E-state index in [0.29, 0.717) is 25.6 Å². The van der Waals surface area contributed by atoms with Gasteiger partial charge >= 0.3 is 0 Å².